The zero-order chi connectivity index (χ0) is 20.1. The highest BCUT2D eigenvalue weighted by Crippen LogP contribution is 2.28. The number of rotatable bonds is 5. The molecular formula is C20H20F2N2O4. The maximum Gasteiger partial charge on any atom is 0.338 e. The average Bonchev–Trinajstić information content (AvgIpc) is 2.73. The molecule has 0 aliphatic carbocycles. The van der Waals surface area contributed by atoms with Crippen molar-refractivity contribution in [1.29, 1.82) is 0 Å². The highest BCUT2D eigenvalue weighted by atomic mass is 19.2. The standard InChI is InChI=1S/C20H20F2N2O4/c1-27-18-5-3-2-4-17(18)23-8-10-24(11-9-23)19(25)13-28-20(26)14-6-7-15(21)16(22)12-14/h2-7,12H,8-11,13H2,1H3. The Morgan fingerprint density at radius 3 is 2.39 bits per heavy atom. The van der Waals surface area contributed by atoms with E-state index in [2.05, 4.69) is 4.90 Å². The number of halogens is 2. The van der Waals surface area contributed by atoms with Crippen LogP contribution in [0.5, 0.6) is 5.75 Å². The molecule has 0 radical (unpaired) electrons. The van der Waals surface area contributed by atoms with Gasteiger partial charge in [0.1, 0.15) is 5.75 Å². The quantitative estimate of drug-likeness (QED) is 0.735. The van der Waals surface area contributed by atoms with Crippen molar-refractivity contribution in [2.24, 2.45) is 0 Å². The van der Waals surface area contributed by atoms with Crippen molar-refractivity contribution in [3.8, 4) is 5.75 Å². The lowest BCUT2D eigenvalue weighted by Gasteiger charge is -2.36. The van der Waals surface area contributed by atoms with Gasteiger partial charge in [0.2, 0.25) is 0 Å². The molecule has 1 aliphatic heterocycles. The zero-order valence-electron chi connectivity index (χ0n) is 15.4. The van der Waals surface area contributed by atoms with Gasteiger partial charge in [-0.05, 0) is 30.3 Å². The molecule has 6 nitrogen and oxygen atoms in total. The highest BCUT2D eigenvalue weighted by molar-refractivity contribution is 5.91. The molecule has 0 aromatic heterocycles. The summed E-state index contributed by atoms with van der Waals surface area (Å²) in [6, 6.07) is 10.3. The molecule has 148 valence electrons. The molecule has 3 rings (SSSR count). The predicted octanol–water partition coefficient (Wildman–Crippen LogP) is 2.48. The largest absolute Gasteiger partial charge is 0.495 e. The summed E-state index contributed by atoms with van der Waals surface area (Å²) in [5.41, 5.74) is 0.814. The fourth-order valence-corrected chi connectivity index (χ4v) is 3.01. The van der Waals surface area contributed by atoms with E-state index < -0.39 is 24.2 Å². The fraction of sp³-hybridized carbons (Fsp3) is 0.300. The van der Waals surface area contributed by atoms with Gasteiger partial charge in [-0.25, -0.2) is 13.6 Å². The van der Waals surface area contributed by atoms with Crippen molar-refractivity contribution in [3.63, 3.8) is 0 Å². The maximum absolute atomic E-state index is 13.2. The molecular weight excluding hydrogens is 370 g/mol. The fourth-order valence-electron chi connectivity index (χ4n) is 3.01. The number of anilines is 1. The lowest BCUT2D eigenvalue weighted by atomic mass is 10.2. The molecule has 1 amide bonds. The molecule has 1 saturated heterocycles. The molecule has 2 aromatic rings. The summed E-state index contributed by atoms with van der Waals surface area (Å²) >= 11 is 0. The minimum absolute atomic E-state index is 0.146. The van der Waals surface area contributed by atoms with Gasteiger partial charge in [0, 0.05) is 26.2 Å². The summed E-state index contributed by atoms with van der Waals surface area (Å²) in [5, 5.41) is 0. The number of piperazine rings is 1. The Bertz CT molecular complexity index is 867. The van der Waals surface area contributed by atoms with Crippen LogP contribution in [0.1, 0.15) is 10.4 Å². The lowest BCUT2D eigenvalue weighted by molar-refractivity contribution is -0.134. The number of carbonyl (C=O) groups is 2. The van der Waals surface area contributed by atoms with E-state index in [9.17, 15) is 18.4 Å². The topological polar surface area (TPSA) is 59.1 Å². The number of amides is 1. The van der Waals surface area contributed by atoms with E-state index in [1.54, 1.807) is 12.0 Å². The van der Waals surface area contributed by atoms with Crippen molar-refractivity contribution >= 4 is 17.6 Å². The van der Waals surface area contributed by atoms with E-state index in [4.69, 9.17) is 9.47 Å². The zero-order valence-corrected chi connectivity index (χ0v) is 15.4. The second-order valence-corrected chi connectivity index (χ2v) is 6.24. The Morgan fingerprint density at radius 2 is 1.71 bits per heavy atom. The molecule has 0 atom stereocenters. The van der Waals surface area contributed by atoms with Crippen LogP contribution >= 0.6 is 0 Å². The Morgan fingerprint density at radius 1 is 1.00 bits per heavy atom. The third kappa shape index (κ3) is 4.39. The second kappa shape index (κ2) is 8.69. The van der Waals surface area contributed by atoms with E-state index >= 15 is 0 Å². The predicted molar refractivity (Wildman–Crippen MR) is 98.4 cm³/mol. The lowest BCUT2D eigenvalue weighted by Crippen LogP contribution is -2.50. The van der Waals surface area contributed by atoms with Gasteiger partial charge in [-0.15, -0.1) is 0 Å². The van der Waals surface area contributed by atoms with E-state index in [1.165, 1.54) is 0 Å². The number of nitrogens with zero attached hydrogens (tertiary/aromatic N) is 2. The number of hydrogen-bond donors (Lipinski definition) is 0. The van der Waals surface area contributed by atoms with Gasteiger partial charge in [0.05, 0.1) is 18.4 Å². The van der Waals surface area contributed by atoms with Crippen molar-refractivity contribution < 1.29 is 27.8 Å². The van der Waals surface area contributed by atoms with Crippen molar-refractivity contribution in [2.45, 2.75) is 0 Å². The Kier molecular flexibility index (Phi) is 6.08. The molecule has 0 saturated carbocycles. The van der Waals surface area contributed by atoms with Crippen LogP contribution in [0.25, 0.3) is 0 Å². The molecule has 0 N–H and O–H groups in total. The number of esters is 1. The first-order valence-electron chi connectivity index (χ1n) is 8.77. The van der Waals surface area contributed by atoms with Crippen LogP contribution in [0.3, 0.4) is 0 Å². The third-order valence-electron chi connectivity index (χ3n) is 4.54. The Balaban J connectivity index is 1.51. The molecule has 0 unspecified atom stereocenters. The number of methoxy groups -OCH3 is 1. The number of ether oxygens (including phenoxy) is 2. The molecule has 1 aliphatic rings. The van der Waals surface area contributed by atoms with Crippen LogP contribution in [-0.2, 0) is 9.53 Å². The van der Waals surface area contributed by atoms with Crippen LogP contribution in [-0.4, -0.2) is 56.7 Å². The van der Waals surface area contributed by atoms with Gasteiger partial charge < -0.3 is 19.3 Å². The van der Waals surface area contributed by atoms with Crippen LogP contribution < -0.4 is 9.64 Å². The first-order chi connectivity index (χ1) is 13.5. The van der Waals surface area contributed by atoms with E-state index in [1.807, 2.05) is 24.3 Å². The maximum atomic E-state index is 13.2. The summed E-state index contributed by atoms with van der Waals surface area (Å²) in [6.07, 6.45) is 0. The Hall–Kier alpha value is -3.16. The SMILES string of the molecule is COc1ccccc1N1CCN(C(=O)COC(=O)c2ccc(F)c(F)c2)CC1. The number of carbonyl (C=O) groups excluding carboxylic acids is 2. The molecule has 28 heavy (non-hydrogen) atoms. The van der Waals surface area contributed by atoms with Gasteiger partial charge in [-0.2, -0.15) is 0 Å². The summed E-state index contributed by atoms with van der Waals surface area (Å²) in [4.78, 5) is 27.9. The third-order valence-corrected chi connectivity index (χ3v) is 4.54. The van der Waals surface area contributed by atoms with Crippen molar-refractivity contribution in [1.82, 2.24) is 4.90 Å². The van der Waals surface area contributed by atoms with E-state index in [-0.39, 0.29) is 11.5 Å². The molecule has 1 fully saturated rings. The van der Waals surface area contributed by atoms with Crippen LogP contribution in [0.4, 0.5) is 14.5 Å². The first-order valence-corrected chi connectivity index (χ1v) is 8.77. The summed E-state index contributed by atoms with van der Waals surface area (Å²) in [7, 11) is 1.61. The van der Waals surface area contributed by atoms with Crippen LogP contribution in [0, 0.1) is 11.6 Å². The van der Waals surface area contributed by atoms with Gasteiger partial charge in [0.15, 0.2) is 18.2 Å². The van der Waals surface area contributed by atoms with E-state index in [0.29, 0.717) is 26.2 Å². The smallest absolute Gasteiger partial charge is 0.338 e. The summed E-state index contributed by atoms with van der Waals surface area (Å²) < 4.78 is 36.4. The van der Waals surface area contributed by atoms with Gasteiger partial charge in [0.25, 0.3) is 5.91 Å². The first kappa shape index (κ1) is 19.6. The van der Waals surface area contributed by atoms with Crippen molar-refractivity contribution in [2.75, 3.05) is 44.8 Å². The monoisotopic (exact) mass is 390 g/mol. The second-order valence-electron chi connectivity index (χ2n) is 6.24. The normalized spacial score (nSPS) is 14.0. The Labute approximate surface area is 161 Å². The minimum Gasteiger partial charge on any atom is -0.495 e. The molecule has 0 spiro atoms. The number of hydrogen-bond acceptors (Lipinski definition) is 5. The molecule has 8 heteroatoms. The molecule has 1 heterocycles. The average molecular weight is 390 g/mol. The summed E-state index contributed by atoms with van der Waals surface area (Å²) in [6.45, 7) is 1.72. The highest BCUT2D eigenvalue weighted by Gasteiger charge is 2.24. The number of benzene rings is 2. The van der Waals surface area contributed by atoms with Gasteiger partial charge in [-0.1, -0.05) is 12.1 Å². The molecule has 0 bridgehead atoms. The number of para-hydroxylation sites is 2. The minimum atomic E-state index is -1.15. The summed E-state index contributed by atoms with van der Waals surface area (Å²) in [5.74, 6) is -2.65. The van der Waals surface area contributed by atoms with Crippen molar-refractivity contribution in [3.05, 3.63) is 59.7 Å². The van der Waals surface area contributed by atoms with Crippen LogP contribution in [0.15, 0.2) is 42.5 Å². The van der Waals surface area contributed by atoms with Gasteiger partial charge in [-0.3, -0.25) is 4.79 Å². The van der Waals surface area contributed by atoms with E-state index in [0.717, 1.165) is 29.6 Å². The van der Waals surface area contributed by atoms with Gasteiger partial charge >= 0.3 is 5.97 Å². The van der Waals surface area contributed by atoms with Crippen LogP contribution in [0.2, 0.25) is 0 Å². The molecule has 2 aromatic carbocycles.